The molecule has 0 aromatic carbocycles. The van der Waals surface area contributed by atoms with Gasteiger partial charge in [0.1, 0.15) is 13.2 Å². The smallest absolute Gasteiger partial charge is 0.122 e. The Labute approximate surface area is 87.2 Å². The van der Waals surface area contributed by atoms with Gasteiger partial charge in [0.05, 0.1) is 20.7 Å². The Morgan fingerprint density at radius 3 is 2.21 bits per heavy atom. The third kappa shape index (κ3) is 4.81. The summed E-state index contributed by atoms with van der Waals surface area (Å²) in [5, 5.41) is 15.6. The van der Waals surface area contributed by atoms with E-state index < -0.39 is 6.56 Å². The maximum Gasteiger partial charge on any atom is 0.122 e. The lowest BCUT2D eigenvalue weighted by Crippen LogP contribution is -1.98. The van der Waals surface area contributed by atoms with E-state index in [0.717, 1.165) is 18.7 Å². The third-order valence-corrected chi connectivity index (χ3v) is 1.51. The molecule has 0 radical (unpaired) electrons. The quantitative estimate of drug-likeness (QED) is 0.697. The SMILES string of the molecule is C.CC1=NOCC1.[2H]C([2H])(O)C1=NOCC1. The zero-order valence-corrected chi connectivity index (χ0v) is 7.49. The second-order valence-electron chi connectivity index (χ2n) is 2.64. The first-order valence-electron chi connectivity index (χ1n) is 5.07. The van der Waals surface area contributed by atoms with Crippen LogP contribution in [-0.4, -0.2) is 36.3 Å². The van der Waals surface area contributed by atoms with E-state index >= 15 is 0 Å². The predicted molar refractivity (Wildman–Crippen MR) is 55.5 cm³/mol. The summed E-state index contributed by atoms with van der Waals surface area (Å²) in [6, 6.07) is 0. The van der Waals surface area contributed by atoms with Crippen LogP contribution in [0.4, 0.5) is 0 Å². The molecule has 5 nitrogen and oxygen atoms in total. The lowest BCUT2D eigenvalue weighted by Gasteiger charge is -1.81. The monoisotopic (exact) mass is 204 g/mol. The van der Waals surface area contributed by atoms with Crippen molar-refractivity contribution in [2.75, 3.05) is 19.8 Å². The first kappa shape index (κ1) is 9.45. The van der Waals surface area contributed by atoms with E-state index in [1.54, 1.807) is 0 Å². The summed E-state index contributed by atoms with van der Waals surface area (Å²) < 4.78 is 13.5. The summed E-state index contributed by atoms with van der Waals surface area (Å²) in [7, 11) is 0. The van der Waals surface area contributed by atoms with Gasteiger partial charge in [-0.05, 0) is 6.92 Å². The van der Waals surface area contributed by atoms with Gasteiger partial charge >= 0.3 is 0 Å². The van der Waals surface area contributed by atoms with E-state index in [1.165, 1.54) is 0 Å². The van der Waals surface area contributed by atoms with E-state index in [1.807, 2.05) is 6.92 Å². The van der Waals surface area contributed by atoms with Crippen LogP contribution in [0.25, 0.3) is 0 Å². The van der Waals surface area contributed by atoms with Gasteiger partial charge in [-0.15, -0.1) is 0 Å². The van der Waals surface area contributed by atoms with Gasteiger partial charge in [-0.2, -0.15) is 0 Å². The molecule has 0 bridgehead atoms. The van der Waals surface area contributed by atoms with Crippen molar-refractivity contribution >= 4 is 11.4 Å². The molecule has 1 N–H and O–H groups in total. The topological polar surface area (TPSA) is 63.4 Å². The number of oxime groups is 2. The van der Waals surface area contributed by atoms with Gasteiger partial charge < -0.3 is 14.8 Å². The van der Waals surface area contributed by atoms with Gasteiger partial charge in [-0.25, -0.2) is 0 Å². The van der Waals surface area contributed by atoms with Crippen LogP contribution in [-0.2, 0) is 9.68 Å². The molecule has 0 aromatic heterocycles. The molecule has 0 atom stereocenters. The van der Waals surface area contributed by atoms with Gasteiger partial charge in [0.15, 0.2) is 0 Å². The Kier molecular flexibility index (Phi) is 4.94. The zero-order chi connectivity index (χ0) is 11.3. The normalized spacial score (nSPS) is 21.0. The van der Waals surface area contributed by atoms with Crippen LogP contribution in [0.3, 0.4) is 0 Å². The molecular weight excluding hydrogens is 184 g/mol. The summed E-state index contributed by atoms with van der Waals surface area (Å²) in [5.41, 5.74) is 1.18. The molecule has 0 fully saturated rings. The third-order valence-electron chi connectivity index (χ3n) is 1.51. The Morgan fingerprint density at radius 2 is 2.00 bits per heavy atom. The van der Waals surface area contributed by atoms with Crippen molar-refractivity contribution in [3.63, 3.8) is 0 Å². The zero-order valence-electron chi connectivity index (χ0n) is 9.49. The highest BCUT2D eigenvalue weighted by molar-refractivity contribution is 5.85. The minimum atomic E-state index is -2.30. The van der Waals surface area contributed by atoms with E-state index in [2.05, 4.69) is 20.0 Å². The van der Waals surface area contributed by atoms with Gasteiger partial charge in [-0.3, -0.25) is 0 Å². The highest BCUT2D eigenvalue weighted by Crippen LogP contribution is 1.97. The minimum absolute atomic E-state index is 0. The average Bonchev–Trinajstić information content (AvgIpc) is 2.73. The molecule has 14 heavy (non-hydrogen) atoms. The molecule has 82 valence electrons. The fourth-order valence-electron chi connectivity index (χ4n) is 0.783. The van der Waals surface area contributed by atoms with Crippen LogP contribution in [0.2, 0.25) is 0 Å². The van der Waals surface area contributed by atoms with E-state index in [9.17, 15) is 0 Å². The molecule has 2 aliphatic rings. The largest absolute Gasteiger partial charge is 0.395 e. The summed E-state index contributed by atoms with van der Waals surface area (Å²) in [6.45, 7) is 0.824. The molecule has 0 spiro atoms. The van der Waals surface area contributed by atoms with E-state index in [0.29, 0.717) is 13.0 Å². The first-order valence-corrected chi connectivity index (χ1v) is 4.07. The van der Waals surface area contributed by atoms with Crippen molar-refractivity contribution in [3.8, 4) is 0 Å². The van der Waals surface area contributed by atoms with Gasteiger partial charge in [-0.1, -0.05) is 17.7 Å². The fourth-order valence-corrected chi connectivity index (χ4v) is 0.783. The van der Waals surface area contributed by atoms with Gasteiger partial charge in [0.25, 0.3) is 0 Å². The maximum atomic E-state index is 8.64. The van der Waals surface area contributed by atoms with Crippen LogP contribution < -0.4 is 0 Å². The second kappa shape index (κ2) is 7.32. The van der Waals surface area contributed by atoms with Crippen LogP contribution in [0, 0.1) is 0 Å². The average molecular weight is 204 g/mol. The van der Waals surface area contributed by atoms with E-state index in [-0.39, 0.29) is 13.1 Å². The number of hydrogen-bond donors (Lipinski definition) is 1. The lowest BCUT2D eigenvalue weighted by atomic mass is 10.3. The summed E-state index contributed by atoms with van der Waals surface area (Å²) >= 11 is 0. The molecule has 0 saturated carbocycles. The van der Waals surface area contributed by atoms with E-state index in [4.69, 9.17) is 7.85 Å². The van der Waals surface area contributed by atoms with Crippen LogP contribution in [0.5, 0.6) is 0 Å². The number of nitrogens with zero attached hydrogens (tertiary/aromatic N) is 2. The van der Waals surface area contributed by atoms with Crippen LogP contribution >= 0.6 is 0 Å². The molecule has 0 aliphatic carbocycles. The van der Waals surface area contributed by atoms with Crippen molar-refractivity contribution < 1.29 is 17.5 Å². The molecule has 2 heterocycles. The highest BCUT2D eigenvalue weighted by Gasteiger charge is 2.03. The van der Waals surface area contributed by atoms with Crippen molar-refractivity contribution in [2.45, 2.75) is 27.2 Å². The molecule has 2 rings (SSSR count). The van der Waals surface area contributed by atoms with Crippen molar-refractivity contribution in [1.29, 1.82) is 0 Å². The minimum Gasteiger partial charge on any atom is -0.395 e. The number of rotatable bonds is 1. The fraction of sp³-hybridized carbons (Fsp3) is 0.778. The lowest BCUT2D eigenvalue weighted by molar-refractivity contribution is 0.173. The summed E-state index contributed by atoms with van der Waals surface area (Å²) in [6.07, 6.45) is 1.39. The van der Waals surface area contributed by atoms with Gasteiger partial charge in [0.2, 0.25) is 0 Å². The maximum absolute atomic E-state index is 8.64. The number of aliphatic hydroxyl groups is 1. The molecule has 2 aliphatic heterocycles. The Balaban J connectivity index is 0.000000283. The molecule has 0 saturated heterocycles. The van der Waals surface area contributed by atoms with Crippen molar-refractivity contribution in [2.24, 2.45) is 10.3 Å². The highest BCUT2D eigenvalue weighted by atomic mass is 16.6. The Morgan fingerprint density at radius 1 is 1.36 bits per heavy atom. The second-order valence-corrected chi connectivity index (χ2v) is 2.64. The van der Waals surface area contributed by atoms with Crippen molar-refractivity contribution in [1.82, 2.24) is 0 Å². The summed E-state index contributed by atoms with van der Waals surface area (Å²) in [4.78, 5) is 9.12. The Hall–Kier alpha value is -1.10. The molecule has 0 amide bonds. The molecule has 0 aromatic rings. The first-order chi connectivity index (χ1) is 7.00. The molecule has 0 unspecified atom stereocenters. The predicted octanol–water partition coefficient (Wildman–Crippen LogP) is 1.17. The van der Waals surface area contributed by atoms with Gasteiger partial charge in [0, 0.05) is 12.8 Å². The van der Waals surface area contributed by atoms with Crippen LogP contribution in [0.1, 0.15) is 29.9 Å². The molecular formula is C9H18N2O3. The van der Waals surface area contributed by atoms with Crippen molar-refractivity contribution in [3.05, 3.63) is 0 Å². The Bertz CT molecular complexity index is 274. The summed E-state index contributed by atoms with van der Waals surface area (Å²) in [5.74, 6) is 0. The number of hydrogen-bond acceptors (Lipinski definition) is 5. The standard InChI is InChI=1S/C4H7NO2.C4H7NO.CH4/c6-3-4-1-2-7-5-4;1-4-2-3-6-5-4;/h6H,1-3H2;2-3H2,1H3;1H4/i3D2;;. The molecule has 5 heteroatoms. The van der Waals surface area contributed by atoms with Crippen LogP contribution in [0.15, 0.2) is 10.3 Å².